The number of thiazole rings is 1. The van der Waals surface area contributed by atoms with Crippen LogP contribution in [0.4, 0.5) is 0 Å². The number of hydrogen-bond donors (Lipinski definition) is 1. The van der Waals surface area contributed by atoms with Gasteiger partial charge in [-0.05, 0) is 86.4 Å². The third-order valence-corrected chi connectivity index (χ3v) is 8.06. The highest BCUT2D eigenvalue weighted by molar-refractivity contribution is 9.10. The van der Waals surface area contributed by atoms with Crippen LogP contribution < -0.4 is 0 Å². The lowest BCUT2D eigenvalue weighted by Crippen LogP contribution is -2.35. The lowest BCUT2D eigenvalue weighted by molar-refractivity contribution is 0.0745. The smallest absolute Gasteiger partial charge is 0.274 e. The Morgan fingerprint density at radius 1 is 1.15 bits per heavy atom. The molecule has 33 heavy (non-hydrogen) atoms. The van der Waals surface area contributed by atoms with Gasteiger partial charge in [0.2, 0.25) is 0 Å². The summed E-state index contributed by atoms with van der Waals surface area (Å²) in [7, 11) is 0. The summed E-state index contributed by atoms with van der Waals surface area (Å²) < 4.78 is 1.07. The number of aromatic amines is 1. The van der Waals surface area contributed by atoms with Gasteiger partial charge in [0.1, 0.15) is 5.69 Å². The van der Waals surface area contributed by atoms with Crippen LogP contribution in [-0.2, 0) is 6.42 Å². The minimum absolute atomic E-state index is 0.0560. The van der Waals surface area contributed by atoms with E-state index in [0.29, 0.717) is 18.2 Å². The zero-order chi connectivity index (χ0) is 23.1. The maximum absolute atomic E-state index is 13.8. The second-order valence-corrected chi connectivity index (χ2v) is 11.3. The van der Waals surface area contributed by atoms with E-state index in [2.05, 4.69) is 71.3 Å². The van der Waals surface area contributed by atoms with Crippen LogP contribution in [0.2, 0.25) is 0 Å². The molecule has 2 heterocycles. The van der Waals surface area contributed by atoms with Gasteiger partial charge in [0.05, 0.1) is 9.88 Å². The highest BCUT2D eigenvalue weighted by Gasteiger charge is 2.30. The molecule has 1 N–H and O–H groups in total. The fraction of sp³-hybridized carbons (Fsp3) is 0.333. The van der Waals surface area contributed by atoms with Crippen LogP contribution in [-0.4, -0.2) is 33.9 Å². The van der Waals surface area contributed by atoms with Crippen molar-refractivity contribution in [3.8, 4) is 10.4 Å². The van der Waals surface area contributed by atoms with Gasteiger partial charge in [0.25, 0.3) is 5.91 Å². The van der Waals surface area contributed by atoms with E-state index in [1.54, 1.807) is 11.3 Å². The van der Waals surface area contributed by atoms with Gasteiger partial charge < -0.3 is 9.88 Å². The predicted octanol–water partition coefficient (Wildman–Crippen LogP) is 7.07. The summed E-state index contributed by atoms with van der Waals surface area (Å²) in [4.78, 5) is 24.9. The fourth-order valence-electron chi connectivity index (χ4n) is 4.30. The molecule has 2 aromatic heterocycles. The molecule has 4 aromatic rings. The molecule has 4 nitrogen and oxygen atoms in total. The fourth-order valence-corrected chi connectivity index (χ4v) is 5.57. The molecule has 5 rings (SSSR count). The number of nitrogens with one attached hydrogen (secondary N) is 1. The van der Waals surface area contributed by atoms with Crippen LogP contribution in [0.15, 0.2) is 47.1 Å². The first kappa shape index (κ1) is 22.4. The van der Waals surface area contributed by atoms with E-state index in [1.165, 1.54) is 34.9 Å². The largest absolute Gasteiger partial charge is 0.361 e. The van der Waals surface area contributed by atoms with E-state index >= 15 is 0 Å². The maximum Gasteiger partial charge on any atom is 0.274 e. The van der Waals surface area contributed by atoms with Gasteiger partial charge >= 0.3 is 0 Å². The number of carbonyl (C=O) groups excluding carboxylic acids is 1. The molecule has 1 aliphatic rings. The lowest BCUT2D eigenvalue weighted by atomic mass is 10.0. The van der Waals surface area contributed by atoms with Crippen molar-refractivity contribution in [2.75, 3.05) is 13.1 Å². The van der Waals surface area contributed by atoms with Crippen molar-refractivity contribution >= 4 is 44.1 Å². The van der Waals surface area contributed by atoms with E-state index in [9.17, 15) is 4.79 Å². The molecule has 170 valence electrons. The molecule has 0 radical (unpaired) electrons. The Hall–Kier alpha value is -2.44. The quantitative estimate of drug-likeness (QED) is 0.282. The van der Waals surface area contributed by atoms with Crippen LogP contribution in [0.5, 0.6) is 0 Å². The molecule has 1 amide bonds. The van der Waals surface area contributed by atoms with Crippen LogP contribution in [0.25, 0.3) is 21.3 Å². The molecule has 2 aromatic carbocycles. The molecule has 0 atom stereocenters. The summed E-state index contributed by atoms with van der Waals surface area (Å²) in [6.45, 7) is 7.73. The number of hydrogen-bond acceptors (Lipinski definition) is 3. The molecular weight excluding hydrogens is 494 g/mol. The SMILES string of the molecule is Cc1nc(C(=O)N(CCc2c[nH]c3ccc(Br)cc23)CC2CC2)c(-c2ccc(C)c(C)c2)s1. The summed E-state index contributed by atoms with van der Waals surface area (Å²) in [6.07, 6.45) is 5.31. The molecule has 0 aliphatic heterocycles. The zero-order valence-electron chi connectivity index (χ0n) is 19.2. The number of halogens is 1. The standard InChI is InChI=1S/C27H28BrN3OS/c1-16-4-7-20(12-17(16)2)26-25(30-18(3)33-26)27(32)31(15-19-5-6-19)11-10-21-14-29-24-9-8-22(28)13-23(21)24/h4,7-9,12-14,19,29H,5-6,10-11,15H2,1-3H3. The van der Waals surface area contributed by atoms with Gasteiger partial charge in [0.15, 0.2) is 0 Å². The van der Waals surface area contributed by atoms with E-state index in [4.69, 9.17) is 4.98 Å². The van der Waals surface area contributed by atoms with Crippen LogP contribution in [0.1, 0.15) is 45.0 Å². The Morgan fingerprint density at radius 3 is 2.73 bits per heavy atom. The van der Waals surface area contributed by atoms with Crippen LogP contribution in [0.3, 0.4) is 0 Å². The number of aryl methyl sites for hydroxylation is 3. The second-order valence-electron chi connectivity index (χ2n) is 9.16. The number of rotatable bonds is 7. The van der Waals surface area contributed by atoms with Gasteiger partial charge in [-0.1, -0.05) is 34.1 Å². The molecule has 6 heteroatoms. The normalized spacial score (nSPS) is 13.6. The maximum atomic E-state index is 13.8. The predicted molar refractivity (Wildman–Crippen MR) is 140 cm³/mol. The highest BCUT2D eigenvalue weighted by Crippen LogP contribution is 2.34. The number of benzene rings is 2. The van der Waals surface area contributed by atoms with Crippen molar-refractivity contribution < 1.29 is 4.79 Å². The molecule has 1 aliphatic carbocycles. The first-order chi connectivity index (χ1) is 15.9. The second kappa shape index (κ2) is 9.07. The Balaban J connectivity index is 1.43. The Bertz CT molecular complexity index is 1330. The number of aromatic nitrogens is 2. The third kappa shape index (κ3) is 4.78. The molecule has 0 bridgehead atoms. The Kier molecular flexibility index (Phi) is 6.14. The zero-order valence-corrected chi connectivity index (χ0v) is 21.6. The molecule has 1 saturated carbocycles. The van der Waals surface area contributed by atoms with E-state index in [0.717, 1.165) is 38.4 Å². The topological polar surface area (TPSA) is 49.0 Å². The van der Waals surface area contributed by atoms with Crippen molar-refractivity contribution in [1.82, 2.24) is 14.9 Å². The van der Waals surface area contributed by atoms with Crippen molar-refractivity contribution in [1.29, 1.82) is 0 Å². The van der Waals surface area contributed by atoms with Crippen LogP contribution >= 0.6 is 27.3 Å². The Morgan fingerprint density at radius 2 is 1.97 bits per heavy atom. The highest BCUT2D eigenvalue weighted by atomic mass is 79.9. The number of nitrogens with zero attached hydrogens (tertiary/aromatic N) is 2. The summed E-state index contributed by atoms with van der Waals surface area (Å²) in [6, 6.07) is 12.7. The number of fused-ring (bicyclic) bond motifs is 1. The third-order valence-electron chi connectivity index (χ3n) is 6.55. The first-order valence-corrected chi connectivity index (χ1v) is 13.1. The Labute approximate surface area is 207 Å². The van der Waals surface area contributed by atoms with Crippen molar-refractivity contribution in [3.05, 3.63) is 74.5 Å². The van der Waals surface area contributed by atoms with E-state index in [1.807, 2.05) is 17.9 Å². The van der Waals surface area contributed by atoms with Crippen molar-refractivity contribution in [2.24, 2.45) is 5.92 Å². The van der Waals surface area contributed by atoms with Crippen molar-refractivity contribution in [3.63, 3.8) is 0 Å². The number of amides is 1. The monoisotopic (exact) mass is 521 g/mol. The van der Waals surface area contributed by atoms with Gasteiger partial charge in [-0.2, -0.15) is 0 Å². The average Bonchev–Trinajstić information content (AvgIpc) is 3.40. The van der Waals surface area contributed by atoms with Gasteiger partial charge in [-0.15, -0.1) is 11.3 Å². The summed E-state index contributed by atoms with van der Waals surface area (Å²) in [5, 5.41) is 2.14. The van der Waals surface area contributed by atoms with Gasteiger partial charge in [0, 0.05) is 34.7 Å². The first-order valence-electron chi connectivity index (χ1n) is 11.5. The molecule has 0 saturated heterocycles. The molecule has 0 spiro atoms. The average molecular weight is 523 g/mol. The molecular formula is C27H28BrN3OS. The van der Waals surface area contributed by atoms with Crippen molar-refractivity contribution in [2.45, 2.75) is 40.0 Å². The van der Waals surface area contributed by atoms with E-state index in [-0.39, 0.29) is 5.91 Å². The van der Waals surface area contributed by atoms with Crippen LogP contribution in [0, 0.1) is 26.7 Å². The molecule has 1 fully saturated rings. The van der Waals surface area contributed by atoms with E-state index < -0.39 is 0 Å². The summed E-state index contributed by atoms with van der Waals surface area (Å²) in [5.74, 6) is 0.677. The minimum atomic E-state index is 0.0560. The number of carbonyl (C=O) groups is 1. The number of H-pyrrole nitrogens is 1. The van der Waals surface area contributed by atoms with Gasteiger partial charge in [-0.3, -0.25) is 4.79 Å². The summed E-state index contributed by atoms with van der Waals surface area (Å²) >= 11 is 5.20. The molecule has 0 unspecified atom stereocenters. The lowest BCUT2D eigenvalue weighted by Gasteiger charge is -2.22. The summed E-state index contributed by atoms with van der Waals surface area (Å²) in [5.41, 5.74) is 6.54. The van der Waals surface area contributed by atoms with Gasteiger partial charge in [-0.25, -0.2) is 4.98 Å². The minimum Gasteiger partial charge on any atom is -0.361 e.